The summed E-state index contributed by atoms with van der Waals surface area (Å²) in [5, 5.41) is 3.41. The first kappa shape index (κ1) is 22.6. The molecule has 0 aliphatic carbocycles. The van der Waals surface area contributed by atoms with E-state index in [1.54, 1.807) is 42.5 Å². The summed E-state index contributed by atoms with van der Waals surface area (Å²) in [4.78, 5) is 47.7. The topological polar surface area (TPSA) is 91.2 Å². The first-order chi connectivity index (χ1) is 16.9. The normalized spacial score (nSPS) is 14.6. The maximum Gasteiger partial charge on any atom is 0.261 e. The standard InChI is InChI=1S/C26H18ClFN4O3/c27-21-8-4-3-7-19(21)24-20-11-15(28)9-10-22(20)31-23(13-30-24)29-12-16(33)14-32-25(34)17-5-1-2-6-18(17)26(32)35/h1-11H,12-14H2,(H,29,31). The van der Waals surface area contributed by atoms with Crippen LogP contribution in [0.4, 0.5) is 10.1 Å². The molecule has 0 spiro atoms. The predicted octanol–water partition coefficient (Wildman–Crippen LogP) is 3.82. The van der Waals surface area contributed by atoms with Crippen molar-refractivity contribution in [1.82, 2.24) is 10.2 Å². The third kappa shape index (κ3) is 4.36. The summed E-state index contributed by atoms with van der Waals surface area (Å²) >= 11 is 6.36. The van der Waals surface area contributed by atoms with Gasteiger partial charge in [0.2, 0.25) is 0 Å². The molecule has 0 unspecified atom stereocenters. The molecular formula is C26H18ClFN4O3. The maximum absolute atomic E-state index is 14.1. The average molecular weight is 489 g/mol. The maximum atomic E-state index is 14.1. The number of amides is 2. The van der Waals surface area contributed by atoms with Crippen molar-refractivity contribution in [1.29, 1.82) is 0 Å². The molecule has 3 aromatic rings. The average Bonchev–Trinajstić information content (AvgIpc) is 2.99. The van der Waals surface area contributed by atoms with Gasteiger partial charge in [-0.3, -0.25) is 24.3 Å². The Hall–Kier alpha value is -4.17. The van der Waals surface area contributed by atoms with Crippen LogP contribution in [0.3, 0.4) is 0 Å². The molecule has 35 heavy (non-hydrogen) atoms. The van der Waals surface area contributed by atoms with Crippen LogP contribution < -0.4 is 5.32 Å². The van der Waals surface area contributed by atoms with Gasteiger partial charge >= 0.3 is 0 Å². The second-order valence-electron chi connectivity index (χ2n) is 8.00. The highest BCUT2D eigenvalue weighted by Crippen LogP contribution is 2.29. The lowest BCUT2D eigenvalue weighted by atomic mass is 10.0. The summed E-state index contributed by atoms with van der Waals surface area (Å²) < 4.78 is 14.1. The van der Waals surface area contributed by atoms with Gasteiger partial charge in [-0.2, -0.15) is 0 Å². The summed E-state index contributed by atoms with van der Waals surface area (Å²) in [6.45, 7) is -0.431. The number of rotatable bonds is 5. The van der Waals surface area contributed by atoms with E-state index < -0.39 is 17.6 Å². The molecular weight excluding hydrogens is 471 g/mol. The largest absolute Gasteiger partial charge is 0.365 e. The van der Waals surface area contributed by atoms with Crippen LogP contribution >= 0.6 is 11.6 Å². The minimum Gasteiger partial charge on any atom is -0.365 e. The SMILES string of the molecule is O=C(CNC1=Nc2ccc(F)cc2C(c2ccccc2Cl)=NC1)CN1C(=O)c2ccccc2C1=O. The number of benzene rings is 3. The number of fused-ring (bicyclic) bond motifs is 2. The molecule has 0 saturated carbocycles. The van der Waals surface area contributed by atoms with E-state index in [9.17, 15) is 18.8 Å². The molecule has 9 heteroatoms. The van der Waals surface area contributed by atoms with Crippen molar-refractivity contribution in [3.63, 3.8) is 0 Å². The van der Waals surface area contributed by atoms with E-state index in [2.05, 4.69) is 15.3 Å². The van der Waals surface area contributed by atoms with Crippen LogP contribution in [0.5, 0.6) is 0 Å². The predicted molar refractivity (Wildman–Crippen MR) is 130 cm³/mol. The van der Waals surface area contributed by atoms with E-state index in [-0.39, 0.29) is 36.5 Å². The molecule has 2 aliphatic rings. The van der Waals surface area contributed by atoms with Crippen LogP contribution in [0.15, 0.2) is 76.7 Å². The highest BCUT2D eigenvalue weighted by molar-refractivity contribution is 6.36. The minimum atomic E-state index is -0.490. The van der Waals surface area contributed by atoms with Gasteiger partial charge in [0.25, 0.3) is 11.8 Å². The third-order valence-electron chi connectivity index (χ3n) is 5.69. The zero-order valence-electron chi connectivity index (χ0n) is 18.3. The van der Waals surface area contributed by atoms with E-state index in [1.807, 2.05) is 6.07 Å². The highest BCUT2D eigenvalue weighted by Gasteiger charge is 2.36. The zero-order chi connectivity index (χ0) is 24.5. The summed E-state index contributed by atoms with van der Waals surface area (Å²) in [7, 11) is 0. The molecule has 5 rings (SSSR count). The first-order valence-corrected chi connectivity index (χ1v) is 11.2. The molecule has 174 valence electrons. The number of aliphatic imine (C=N–C) groups is 2. The highest BCUT2D eigenvalue weighted by atomic mass is 35.5. The Labute approximate surface area is 205 Å². The molecule has 1 N–H and O–H groups in total. The van der Waals surface area contributed by atoms with Crippen LogP contribution in [0.25, 0.3) is 0 Å². The fourth-order valence-electron chi connectivity index (χ4n) is 4.01. The van der Waals surface area contributed by atoms with E-state index in [0.29, 0.717) is 33.4 Å². The number of halogens is 2. The number of Topliss-reactive ketones (excluding diaryl/α,β-unsaturated/α-hetero) is 1. The molecule has 0 atom stereocenters. The number of carbonyl (C=O) groups is 3. The van der Waals surface area contributed by atoms with Crippen LogP contribution in [-0.2, 0) is 4.79 Å². The number of nitrogens with zero attached hydrogens (tertiary/aromatic N) is 3. The van der Waals surface area contributed by atoms with Gasteiger partial charge in [-0.15, -0.1) is 0 Å². The number of carbonyl (C=O) groups excluding carboxylic acids is 3. The Morgan fingerprint density at radius 3 is 2.29 bits per heavy atom. The van der Waals surface area contributed by atoms with Crippen LogP contribution in [0.2, 0.25) is 5.02 Å². The van der Waals surface area contributed by atoms with Gasteiger partial charge in [0.05, 0.1) is 42.2 Å². The van der Waals surface area contributed by atoms with E-state index >= 15 is 0 Å². The van der Waals surface area contributed by atoms with Crippen LogP contribution in [0.1, 0.15) is 31.8 Å². The van der Waals surface area contributed by atoms with Gasteiger partial charge in [0, 0.05) is 16.1 Å². The smallest absolute Gasteiger partial charge is 0.261 e. The van der Waals surface area contributed by atoms with E-state index in [1.165, 1.54) is 18.2 Å². The van der Waals surface area contributed by atoms with Crippen molar-refractivity contribution in [2.75, 3.05) is 19.6 Å². The Balaban J connectivity index is 1.33. The fraction of sp³-hybridized carbons (Fsp3) is 0.115. The molecule has 0 bridgehead atoms. The number of hydrogen-bond acceptors (Lipinski definition) is 6. The lowest BCUT2D eigenvalue weighted by Gasteiger charge is -2.13. The zero-order valence-corrected chi connectivity index (χ0v) is 19.1. The second kappa shape index (κ2) is 9.23. The summed E-state index contributed by atoms with van der Waals surface area (Å²) in [6.07, 6.45) is 0. The number of ketones is 1. The van der Waals surface area contributed by atoms with Crippen molar-refractivity contribution in [3.05, 3.63) is 99.8 Å². The van der Waals surface area contributed by atoms with Gasteiger partial charge in [0.15, 0.2) is 5.78 Å². The van der Waals surface area contributed by atoms with Crippen molar-refractivity contribution < 1.29 is 18.8 Å². The van der Waals surface area contributed by atoms with Gasteiger partial charge in [-0.1, -0.05) is 41.9 Å². The number of hydrogen-bond donors (Lipinski definition) is 1. The second-order valence-corrected chi connectivity index (χ2v) is 8.41. The monoisotopic (exact) mass is 488 g/mol. The Kier molecular flexibility index (Phi) is 5.96. The van der Waals surface area contributed by atoms with Gasteiger partial charge in [0.1, 0.15) is 11.7 Å². The van der Waals surface area contributed by atoms with E-state index in [4.69, 9.17) is 11.6 Å². The van der Waals surface area contributed by atoms with Gasteiger partial charge < -0.3 is 5.32 Å². The number of nitrogens with one attached hydrogen (secondary N) is 1. The molecule has 0 saturated heterocycles. The molecule has 0 fully saturated rings. The molecule has 7 nitrogen and oxygen atoms in total. The third-order valence-corrected chi connectivity index (χ3v) is 6.02. The Morgan fingerprint density at radius 1 is 0.943 bits per heavy atom. The van der Waals surface area contributed by atoms with Gasteiger partial charge in [-0.05, 0) is 36.4 Å². The summed E-state index contributed by atoms with van der Waals surface area (Å²) in [5.74, 6) is -1.41. The molecule has 2 heterocycles. The quantitative estimate of drug-likeness (QED) is 0.553. The molecule has 0 radical (unpaired) electrons. The van der Waals surface area contributed by atoms with Crippen molar-refractivity contribution in [3.8, 4) is 0 Å². The molecule has 0 aromatic heterocycles. The molecule has 2 amide bonds. The summed E-state index contributed by atoms with van der Waals surface area (Å²) in [5.41, 5.74) is 2.65. The minimum absolute atomic E-state index is 0.0944. The van der Waals surface area contributed by atoms with Crippen molar-refractivity contribution in [2.24, 2.45) is 9.98 Å². The molecule has 3 aromatic carbocycles. The van der Waals surface area contributed by atoms with Crippen molar-refractivity contribution >= 4 is 46.4 Å². The van der Waals surface area contributed by atoms with Gasteiger partial charge in [-0.25, -0.2) is 9.38 Å². The Bertz CT molecular complexity index is 1420. The van der Waals surface area contributed by atoms with E-state index in [0.717, 1.165) is 4.90 Å². The number of imide groups is 1. The lowest BCUT2D eigenvalue weighted by Crippen LogP contribution is -2.40. The lowest BCUT2D eigenvalue weighted by molar-refractivity contribution is -0.118. The number of amidine groups is 1. The van der Waals surface area contributed by atoms with Crippen LogP contribution in [0, 0.1) is 5.82 Å². The van der Waals surface area contributed by atoms with Crippen molar-refractivity contribution in [2.45, 2.75) is 0 Å². The first-order valence-electron chi connectivity index (χ1n) is 10.8. The fourth-order valence-corrected chi connectivity index (χ4v) is 4.24. The summed E-state index contributed by atoms with van der Waals surface area (Å²) in [6, 6.07) is 17.8. The van der Waals surface area contributed by atoms with Crippen LogP contribution in [-0.4, -0.2) is 53.7 Å². The molecule has 2 aliphatic heterocycles. The Morgan fingerprint density at radius 2 is 1.60 bits per heavy atom.